The number of benzene rings is 2. The molecule has 1 unspecified atom stereocenters. The third kappa shape index (κ3) is 5.24. The van der Waals surface area contributed by atoms with Crippen LogP contribution in [-0.4, -0.2) is 35.2 Å². The molecule has 27 heavy (non-hydrogen) atoms. The van der Waals surface area contributed by atoms with E-state index in [2.05, 4.69) is 33.4 Å². The number of rotatable bonds is 7. The number of nitrogens with zero attached hydrogens (tertiary/aromatic N) is 2. The quantitative estimate of drug-likeness (QED) is 0.620. The monoisotopic (exact) mass is 449 g/mol. The lowest BCUT2D eigenvalue weighted by molar-refractivity contribution is -0.139. The molecule has 0 spiro atoms. The highest BCUT2D eigenvalue weighted by atomic mass is 79.9. The van der Waals surface area contributed by atoms with Crippen molar-refractivity contribution in [3.8, 4) is 5.75 Å². The van der Waals surface area contributed by atoms with Crippen molar-refractivity contribution < 1.29 is 14.6 Å². The maximum Gasteiger partial charge on any atom is 0.341 e. The third-order valence-electron chi connectivity index (χ3n) is 4.00. The highest BCUT2D eigenvalue weighted by molar-refractivity contribution is 9.10. The molecule has 142 valence electrons. The first-order valence-corrected chi connectivity index (χ1v) is 10.2. The first-order valence-electron chi connectivity index (χ1n) is 8.39. The summed E-state index contributed by atoms with van der Waals surface area (Å²) in [7, 11) is 0. The summed E-state index contributed by atoms with van der Waals surface area (Å²) in [4.78, 5) is 11.7. The van der Waals surface area contributed by atoms with Crippen molar-refractivity contribution in [3.63, 3.8) is 0 Å². The van der Waals surface area contributed by atoms with Gasteiger partial charge in [-0.05, 0) is 61.9 Å². The molecule has 8 heteroatoms. The van der Waals surface area contributed by atoms with E-state index in [1.165, 1.54) is 0 Å². The summed E-state index contributed by atoms with van der Waals surface area (Å²) >= 11 is 5.13. The van der Waals surface area contributed by atoms with E-state index in [0.29, 0.717) is 5.75 Å². The number of carbonyl (C=O) groups is 1. The van der Waals surface area contributed by atoms with Crippen molar-refractivity contribution in [2.24, 2.45) is 5.10 Å². The summed E-state index contributed by atoms with van der Waals surface area (Å²) in [5.74, 6) is 0.371. The number of hydrogen-bond donors (Lipinski definition) is 2. The minimum absolute atomic E-state index is 0.153. The van der Waals surface area contributed by atoms with Crippen LogP contribution in [0.25, 0.3) is 0 Å². The van der Waals surface area contributed by atoms with Gasteiger partial charge in [-0.25, -0.2) is 10.2 Å². The van der Waals surface area contributed by atoms with Crippen molar-refractivity contribution in [1.82, 2.24) is 5.43 Å². The van der Waals surface area contributed by atoms with Crippen molar-refractivity contribution in [2.45, 2.75) is 24.8 Å². The molecule has 1 heterocycles. The van der Waals surface area contributed by atoms with E-state index < -0.39 is 5.97 Å². The molecule has 0 radical (unpaired) electrons. The van der Waals surface area contributed by atoms with Gasteiger partial charge in [0.1, 0.15) is 5.75 Å². The van der Waals surface area contributed by atoms with Crippen LogP contribution in [0, 0.1) is 6.92 Å². The van der Waals surface area contributed by atoms with Crippen LogP contribution < -0.4 is 15.3 Å². The van der Waals surface area contributed by atoms with Gasteiger partial charge in [0.25, 0.3) is 0 Å². The Morgan fingerprint density at radius 1 is 1.33 bits per heavy atom. The number of hydrazone groups is 1. The van der Waals surface area contributed by atoms with Gasteiger partial charge in [0.2, 0.25) is 0 Å². The van der Waals surface area contributed by atoms with Gasteiger partial charge in [-0.3, -0.25) is 0 Å². The maximum absolute atomic E-state index is 10.6. The number of nitrogens with one attached hydrogen (secondary N) is 1. The molecule has 0 bridgehead atoms. The molecule has 1 aliphatic rings. The van der Waals surface area contributed by atoms with Crippen molar-refractivity contribution in [1.29, 1.82) is 0 Å². The first kappa shape index (κ1) is 19.7. The number of carboxylic acids is 1. The second-order valence-electron chi connectivity index (χ2n) is 6.13. The van der Waals surface area contributed by atoms with E-state index in [1.807, 2.05) is 49.4 Å². The average Bonchev–Trinajstić information content (AvgIpc) is 3.00. The number of hydrazine groups is 1. The number of aliphatic carboxylic acids is 1. The average molecular weight is 450 g/mol. The molecule has 2 N–H and O–H groups in total. The Balaban J connectivity index is 1.62. The minimum atomic E-state index is -0.982. The van der Waals surface area contributed by atoms with E-state index >= 15 is 0 Å². The zero-order valence-corrected chi connectivity index (χ0v) is 17.4. The van der Waals surface area contributed by atoms with Gasteiger partial charge in [-0.1, -0.05) is 15.9 Å². The van der Waals surface area contributed by atoms with Crippen molar-refractivity contribution in [2.75, 3.05) is 17.5 Å². The molecular formula is C19H20BrN3O3S. The molecule has 2 aromatic rings. The topological polar surface area (TPSA) is 74.2 Å². The van der Waals surface area contributed by atoms with E-state index in [9.17, 15) is 4.79 Å². The van der Waals surface area contributed by atoms with Crippen LogP contribution >= 0.6 is 27.7 Å². The van der Waals surface area contributed by atoms with Gasteiger partial charge in [0, 0.05) is 15.1 Å². The maximum atomic E-state index is 10.6. The molecule has 1 atom stereocenters. The molecular weight excluding hydrogens is 430 g/mol. The van der Waals surface area contributed by atoms with Crippen LogP contribution in [0.3, 0.4) is 0 Å². The molecule has 0 aromatic heterocycles. The zero-order valence-electron chi connectivity index (χ0n) is 15.0. The first-order chi connectivity index (χ1) is 12.9. The van der Waals surface area contributed by atoms with Gasteiger partial charge in [0.05, 0.1) is 17.4 Å². The number of carboxylic acid groups (broad SMARTS) is 1. The van der Waals surface area contributed by atoms with Crippen LogP contribution in [0.1, 0.15) is 12.5 Å². The minimum Gasteiger partial charge on any atom is -0.482 e. The Labute approximate surface area is 170 Å². The summed E-state index contributed by atoms with van der Waals surface area (Å²) in [6.45, 7) is 3.67. The van der Waals surface area contributed by atoms with E-state index in [-0.39, 0.29) is 12.6 Å². The molecule has 6 nitrogen and oxygen atoms in total. The number of ether oxygens (including phenoxy) is 1. The summed E-state index contributed by atoms with van der Waals surface area (Å²) in [6, 6.07) is 13.9. The number of aryl methyl sites for hydroxylation is 1. The Morgan fingerprint density at radius 3 is 2.74 bits per heavy atom. The largest absolute Gasteiger partial charge is 0.482 e. The van der Waals surface area contributed by atoms with Crippen molar-refractivity contribution >= 4 is 45.1 Å². The lowest BCUT2D eigenvalue weighted by Gasteiger charge is -2.15. The summed E-state index contributed by atoms with van der Waals surface area (Å²) in [5.41, 5.74) is 6.31. The molecule has 0 saturated carbocycles. The standard InChI is InChI=1S/C19H20BrN3O3S/c1-12-9-16(7-8-18(12)26-10-19(24)25)27-11-17-13(2)21-23(22-17)15-5-3-14(20)4-6-15/h3-9,13,21H,10-11H2,1-2H3,(H,24,25). The van der Waals surface area contributed by atoms with Gasteiger partial charge in [0.15, 0.2) is 6.61 Å². The zero-order chi connectivity index (χ0) is 19.4. The molecule has 2 aromatic carbocycles. The second kappa shape index (κ2) is 8.77. The fourth-order valence-electron chi connectivity index (χ4n) is 2.54. The predicted octanol–water partition coefficient (Wildman–Crippen LogP) is 4.08. The van der Waals surface area contributed by atoms with Crippen LogP contribution in [0.4, 0.5) is 5.69 Å². The number of hydrogen-bond acceptors (Lipinski definition) is 6. The van der Waals surface area contributed by atoms with Crippen molar-refractivity contribution in [3.05, 3.63) is 52.5 Å². The van der Waals surface area contributed by atoms with Crippen LogP contribution in [0.2, 0.25) is 0 Å². The van der Waals surface area contributed by atoms with Crippen LogP contribution in [0.5, 0.6) is 5.75 Å². The Kier molecular flexibility index (Phi) is 6.41. The molecule has 1 aliphatic heterocycles. The fraction of sp³-hybridized carbons (Fsp3) is 0.263. The van der Waals surface area contributed by atoms with Gasteiger partial charge < -0.3 is 9.84 Å². The smallest absolute Gasteiger partial charge is 0.341 e. The summed E-state index contributed by atoms with van der Waals surface area (Å²) < 4.78 is 6.30. The fourth-order valence-corrected chi connectivity index (χ4v) is 3.85. The lowest BCUT2D eigenvalue weighted by atomic mass is 10.2. The Morgan fingerprint density at radius 2 is 2.07 bits per heavy atom. The molecule has 0 amide bonds. The van der Waals surface area contributed by atoms with Crippen LogP contribution in [-0.2, 0) is 4.79 Å². The predicted molar refractivity (Wildman–Crippen MR) is 112 cm³/mol. The summed E-state index contributed by atoms with van der Waals surface area (Å²) in [5, 5.41) is 15.2. The Hall–Kier alpha value is -2.03. The third-order valence-corrected chi connectivity index (χ3v) is 5.56. The van der Waals surface area contributed by atoms with Gasteiger partial charge >= 0.3 is 5.97 Å². The van der Waals surface area contributed by atoms with E-state index in [0.717, 1.165) is 32.1 Å². The van der Waals surface area contributed by atoms with E-state index in [4.69, 9.17) is 9.84 Å². The normalized spacial score (nSPS) is 16.3. The molecule has 0 aliphatic carbocycles. The van der Waals surface area contributed by atoms with E-state index in [1.54, 1.807) is 16.9 Å². The molecule has 0 saturated heterocycles. The van der Waals surface area contributed by atoms with Gasteiger partial charge in [-0.15, -0.1) is 11.8 Å². The Bertz CT molecular complexity index is 858. The molecule has 3 rings (SSSR count). The number of anilines is 1. The number of thioether (sulfide) groups is 1. The summed E-state index contributed by atoms with van der Waals surface area (Å²) in [6.07, 6.45) is 0. The highest BCUT2D eigenvalue weighted by Gasteiger charge is 2.23. The van der Waals surface area contributed by atoms with Crippen LogP contribution in [0.15, 0.2) is 56.9 Å². The highest BCUT2D eigenvalue weighted by Crippen LogP contribution is 2.27. The SMILES string of the molecule is Cc1cc(SCC2=NN(c3ccc(Br)cc3)NC2C)ccc1OCC(=O)O. The molecule has 0 fully saturated rings. The van der Waals surface area contributed by atoms with Gasteiger partial charge in [-0.2, -0.15) is 10.2 Å². The number of halogens is 1. The second-order valence-corrected chi connectivity index (χ2v) is 8.09. The lowest BCUT2D eigenvalue weighted by Crippen LogP contribution is -2.36.